The number of H-pyrrole nitrogens is 1. The minimum Gasteiger partial charge on any atom is -0.481 e. The molecule has 4 nitrogen and oxygen atoms in total. The second-order valence-electron chi connectivity index (χ2n) is 4.41. The molecule has 0 radical (unpaired) electrons. The maximum absolute atomic E-state index is 10.8. The van der Waals surface area contributed by atoms with Crippen LogP contribution in [0.5, 0.6) is 0 Å². The Morgan fingerprint density at radius 1 is 1.56 bits per heavy atom. The molecule has 1 aliphatic rings. The average Bonchev–Trinajstić information content (AvgIpc) is 2.68. The first-order valence-electron chi connectivity index (χ1n) is 5.78. The normalized spacial score (nSPS) is 18.8. The number of nitrogens with one attached hydrogen (secondary N) is 1. The third-order valence-corrected chi connectivity index (χ3v) is 3.49. The molecule has 3 rings (SSSR count). The van der Waals surface area contributed by atoms with E-state index < -0.39 is 12.1 Å². The Balaban J connectivity index is 2.12. The molecule has 1 unspecified atom stereocenters. The largest absolute Gasteiger partial charge is 0.481 e. The monoisotopic (exact) mass is 265 g/mol. The lowest BCUT2D eigenvalue weighted by Crippen LogP contribution is -2.18. The number of halogens is 1. The predicted octanol–water partition coefficient (Wildman–Crippen LogP) is 2.91. The van der Waals surface area contributed by atoms with Crippen LogP contribution in [-0.2, 0) is 16.0 Å². The van der Waals surface area contributed by atoms with Crippen molar-refractivity contribution in [3.8, 4) is 0 Å². The van der Waals surface area contributed by atoms with E-state index in [1.807, 2.05) is 18.2 Å². The zero-order valence-corrected chi connectivity index (χ0v) is 10.3. The Morgan fingerprint density at radius 2 is 2.39 bits per heavy atom. The molecule has 5 heteroatoms. The van der Waals surface area contributed by atoms with Gasteiger partial charge in [-0.15, -0.1) is 0 Å². The van der Waals surface area contributed by atoms with Crippen LogP contribution in [-0.4, -0.2) is 22.7 Å². The van der Waals surface area contributed by atoms with Crippen LogP contribution in [0.4, 0.5) is 0 Å². The lowest BCUT2D eigenvalue weighted by Gasteiger charge is -2.21. The van der Waals surface area contributed by atoms with Gasteiger partial charge >= 0.3 is 5.97 Å². The maximum Gasteiger partial charge on any atom is 0.306 e. The number of aliphatic carboxylic acids is 1. The summed E-state index contributed by atoms with van der Waals surface area (Å²) in [6, 6.07) is 5.64. The third-order valence-electron chi connectivity index (χ3n) is 3.25. The number of aromatic nitrogens is 1. The Bertz CT molecular complexity index is 620. The van der Waals surface area contributed by atoms with E-state index in [0.29, 0.717) is 11.6 Å². The highest BCUT2D eigenvalue weighted by Crippen LogP contribution is 2.35. The van der Waals surface area contributed by atoms with Crippen molar-refractivity contribution in [3.05, 3.63) is 34.5 Å². The van der Waals surface area contributed by atoms with Crippen LogP contribution in [0.1, 0.15) is 23.8 Å². The summed E-state index contributed by atoms with van der Waals surface area (Å²) in [4.78, 5) is 14.1. The van der Waals surface area contributed by atoms with E-state index in [2.05, 4.69) is 4.98 Å². The van der Waals surface area contributed by atoms with Gasteiger partial charge in [0, 0.05) is 21.6 Å². The number of hydrogen-bond donors (Lipinski definition) is 2. The molecule has 0 spiro atoms. The standard InChI is InChI=1S/C13H12ClNO3/c14-7-1-2-10-9(5-7)8-3-4-18-11(6-12(16)17)13(8)15-10/h1-2,5,11,15H,3-4,6H2,(H,16,17). The van der Waals surface area contributed by atoms with Crippen LogP contribution in [0.15, 0.2) is 18.2 Å². The summed E-state index contributed by atoms with van der Waals surface area (Å²) in [6.45, 7) is 0.546. The number of fused-ring (bicyclic) bond motifs is 3. The van der Waals surface area contributed by atoms with E-state index in [-0.39, 0.29) is 6.42 Å². The molecule has 0 aliphatic carbocycles. The molecule has 0 saturated heterocycles. The van der Waals surface area contributed by atoms with Gasteiger partial charge in [-0.25, -0.2) is 0 Å². The fourth-order valence-corrected chi connectivity index (χ4v) is 2.66. The molecule has 1 aliphatic heterocycles. The van der Waals surface area contributed by atoms with E-state index in [9.17, 15) is 4.79 Å². The third kappa shape index (κ3) is 1.87. The highest BCUT2D eigenvalue weighted by atomic mass is 35.5. The second kappa shape index (κ2) is 4.30. The Morgan fingerprint density at radius 3 is 3.17 bits per heavy atom. The van der Waals surface area contributed by atoms with Gasteiger partial charge in [-0.3, -0.25) is 4.79 Å². The highest BCUT2D eigenvalue weighted by molar-refractivity contribution is 6.31. The van der Waals surface area contributed by atoms with Crippen molar-refractivity contribution in [3.63, 3.8) is 0 Å². The molecular weight excluding hydrogens is 254 g/mol. The number of aromatic amines is 1. The maximum atomic E-state index is 10.8. The van der Waals surface area contributed by atoms with Crippen molar-refractivity contribution < 1.29 is 14.6 Å². The smallest absolute Gasteiger partial charge is 0.306 e. The van der Waals surface area contributed by atoms with E-state index in [1.54, 1.807) is 0 Å². The summed E-state index contributed by atoms with van der Waals surface area (Å²) < 4.78 is 5.53. The summed E-state index contributed by atoms with van der Waals surface area (Å²) in [5, 5.41) is 10.6. The van der Waals surface area contributed by atoms with Gasteiger partial charge in [0.25, 0.3) is 0 Å². The van der Waals surface area contributed by atoms with E-state index in [4.69, 9.17) is 21.4 Å². The number of rotatable bonds is 2. The van der Waals surface area contributed by atoms with Crippen LogP contribution in [0.3, 0.4) is 0 Å². The molecule has 2 N–H and O–H groups in total. The molecule has 1 aromatic heterocycles. The minimum atomic E-state index is -0.857. The summed E-state index contributed by atoms with van der Waals surface area (Å²) in [7, 11) is 0. The Labute approximate surface area is 109 Å². The van der Waals surface area contributed by atoms with Crippen molar-refractivity contribution in [1.82, 2.24) is 4.98 Å². The zero-order valence-electron chi connectivity index (χ0n) is 9.57. The summed E-state index contributed by atoms with van der Waals surface area (Å²) in [5.74, 6) is -0.857. The van der Waals surface area contributed by atoms with Crippen LogP contribution in [0.2, 0.25) is 5.02 Å². The number of benzene rings is 1. The fraction of sp³-hybridized carbons (Fsp3) is 0.308. The van der Waals surface area contributed by atoms with Gasteiger partial charge in [0.2, 0.25) is 0 Å². The van der Waals surface area contributed by atoms with Crippen molar-refractivity contribution in [2.45, 2.75) is 18.9 Å². The molecule has 18 heavy (non-hydrogen) atoms. The SMILES string of the molecule is O=C(O)CC1OCCc2c1[nH]c1ccc(Cl)cc21. The van der Waals surface area contributed by atoms with Crippen LogP contribution >= 0.6 is 11.6 Å². The van der Waals surface area contributed by atoms with E-state index >= 15 is 0 Å². The van der Waals surface area contributed by atoms with Gasteiger partial charge < -0.3 is 14.8 Å². The van der Waals surface area contributed by atoms with Gasteiger partial charge in [0.1, 0.15) is 6.10 Å². The number of hydrogen-bond acceptors (Lipinski definition) is 2. The topological polar surface area (TPSA) is 62.3 Å². The van der Waals surface area contributed by atoms with E-state index in [1.165, 1.54) is 0 Å². The first-order chi connectivity index (χ1) is 8.65. The first kappa shape index (κ1) is 11.6. The van der Waals surface area contributed by atoms with Crippen molar-refractivity contribution in [1.29, 1.82) is 0 Å². The van der Waals surface area contributed by atoms with Crippen LogP contribution in [0.25, 0.3) is 10.9 Å². The zero-order chi connectivity index (χ0) is 12.7. The molecular formula is C13H12ClNO3. The summed E-state index contributed by atoms with van der Waals surface area (Å²) in [6.07, 6.45) is 0.372. The second-order valence-corrected chi connectivity index (χ2v) is 4.85. The van der Waals surface area contributed by atoms with Crippen molar-refractivity contribution >= 4 is 28.5 Å². The van der Waals surface area contributed by atoms with Crippen molar-refractivity contribution in [2.75, 3.05) is 6.61 Å². The summed E-state index contributed by atoms with van der Waals surface area (Å²) in [5.41, 5.74) is 2.98. The van der Waals surface area contributed by atoms with Gasteiger partial charge in [-0.1, -0.05) is 11.6 Å². The molecule has 2 aromatic rings. The molecule has 0 bridgehead atoms. The predicted molar refractivity (Wildman–Crippen MR) is 68.0 cm³/mol. The molecule has 1 atom stereocenters. The molecule has 0 saturated carbocycles. The van der Waals surface area contributed by atoms with Gasteiger partial charge in [0.15, 0.2) is 0 Å². The van der Waals surface area contributed by atoms with E-state index in [0.717, 1.165) is 28.6 Å². The Kier molecular flexibility index (Phi) is 2.76. The van der Waals surface area contributed by atoms with Gasteiger partial charge in [0.05, 0.1) is 13.0 Å². The number of carbonyl (C=O) groups is 1. The minimum absolute atomic E-state index is 0.0203. The molecule has 0 fully saturated rings. The van der Waals surface area contributed by atoms with Crippen LogP contribution < -0.4 is 0 Å². The highest BCUT2D eigenvalue weighted by Gasteiger charge is 2.26. The lowest BCUT2D eigenvalue weighted by molar-refractivity contribution is -0.140. The number of carboxylic acid groups (broad SMARTS) is 1. The molecule has 2 heterocycles. The molecule has 1 aromatic carbocycles. The first-order valence-corrected chi connectivity index (χ1v) is 6.16. The number of carboxylic acids is 1. The average molecular weight is 266 g/mol. The lowest BCUT2D eigenvalue weighted by atomic mass is 10.0. The van der Waals surface area contributed by atoms with Crippen LogP contribution in [0, 0.1) is 0 Å². The molecule has 94 valence electrons. The van der Waals surface area contributed by atoms with Crippen molar-refractivity contribution in [2.24, 2.45) is 0 Å². The fourth-order valence-electron chi connectivity index (χ4n) is 2.49. The summed E-state index contributed by atoms with van der Waals surface area (Å²) >= 11 is 6.00. The quantitative estimate of drug-likeness (QED) is 0.878. The van der Waals surface area contributed by atoms with Gasteiger partial charge in [-0.2, -0.15) is 0 Å². The molecule has 0 amide bonds. The Hall–Kier alpha value is -1.52. The van der Waals surface area contributed by atoms with Gasteiger partial charge in [-0.05, 0) is 30.2 Å². The number of ether oxygens (including phenoxy) is 1.